The van der Waals surface area contributed by atoms with Crippen LogP contribution in [0.25, 0.3) is 0 Å². The first-order valence-corrected chi connectivity index (χ1v) is 2.49. The van der Waals surface area contributed by atoms with Crippen LogP contribution in [0, 0.1) is 0 Å². The average Bonchev–Trinajstić information content (AvgIpc) is 1.80. The zero-order valence-corrected chi connectivity index (χ0v) is 4.89. The van der Waals surface area contributed by atoms with Crippen molar-refractivity contribution in [3.63, 3.8) is 0 Å². The SMILES string of the molecule is [Li][c]1c[nH]c(=O)[nH]c1=O. The Bertz CT molecular complexity index is 313. The maximum atomic E-state index is 10.6. The second kappa shape index (κ2) is 2.25. The molecule has 0 saturated heterocycles. The molecule has 0 aliphatic heterocycles. The predicted octanol–water partition coefficient (Wildman–Crippen LogP) is -2.14. The van der Waals surface area contributed by atoms with Gasteiger partial charge in [-0.05, 0) is 0 Å². The summed E-state index contributed by atoms with van der Waals surface area (Å²) in [7, 11) is 0. The van der Waals surface area contributed by atoms with Gasteiger partial charge in [-0.15, -0.1) is 0 Å². The molecule has 2 N–H and O–H groups in total. The van der Waals surface area contributed by atoms with Gasteiger partial charge in [0.15, 0.2) is 0 Å². The molecule has 0 aliphatic carbocycles. The van der Waals surface area contributed by atoms with Gasteiger partial charge < -0.3 is 0 Å². The van der Waals surface area contributed by atoms with Gasteiger partial charge in [0.25, 0.3) is 0 Å². The number of hydrogen-bond donors (Lipinski definition) is 2. The molecule has 0 bridgehead atoms. The first-order valence-electron chi connectivity index (χ1n) is 2.49. The molecule has 4 nitrogen and oxygen atoms in total. The van der Waals surface area contributed by atoms with Crippen LogP contribution in [0.1, 0.15) is 0 Å². The van der Waals surface area contributed by atoms with Crippen LogP contribution >= 0.6 is 0 Å². The topological polar surface area (TPSA) is 65.7 Å². The quantitative estimate of drug-likeness (QED) is 0.381. The molecule has 1 aromatic rings. The van der Waals surface area contributed by atoms with Crippen molar-refractivity contribution >= 4 is 22.0 Å². The zero-order valence-electron chi connectivity index (χ0n) is 4.89. The fourth-order valence-corrected chi connectivity index (χ4v) is 0.477. The van der Waals surface area contributed by atoms with E-state index in [2.05, 4.69) is 9.97 Å². The number of aromatic amines is 2. The predicted molar refractivity (Wildman–Crippen MR) is 33.1 cm³/mol. The van der Waals surface area contributed by atoms with E-state index in [1.165, 1.54) is 6.20 Å². The Hall–Kier alpha value is -0.723. The van der Waals surface area contributed by atoms with Crippen LogP contribution in [0.3, 0.4) is 0 Å². The van der Waals surface area contributed by atoms with Crippen molar-refractivity contribution in [1.82, 2.24) is 9.97 Å². The van der Waals surface area contributed by atoms with Gasteiger partial charge in [0.2, 0.25) is 0 Å². The second-order valence-corrected chi connectivity index (χ2v) is 1.75. The van der Waals surface area contributed by atoms with Gasteiger partial charge >= 0.3 is 59.0 Å². The molecule has 42 valence electrons. The normalized spacial score (nSPS) is 9.56. The van der Waals surface area contributed by atoms with Crippen molar-refractivity contribution in [3.05, 3.63) is 27.0 Å². The number of nitrogens with one attached hydrogen (secondary N) is 2. The molecule has 0 spiro atoms. The number of rotatable bonds is 0. The van der Waals surface area contributed by atoms with Crippen LogP contribution in [0.2, 0.25) is 0 Å². The third-order valence-corrected chi connectivity index (χ3v) is 1.00. The molecule has 5 heteroatoms. The molecule has 0 fully saturated rings. The molecule has 1 heterocycles. The van der Waals surface area contributed by atoms with Crippen LogP contribution in [-0.4, -0.2) is 27.7 Å². The summed E-state index contributed by atoms with van der Waals surface area (Å²) < 4.78 is 0.509. The Labute approximate surface area is 59.5 Å². The standard InChI is InChI=1S/C4H3N2O2.Li/c7-3-1-2-5-4(8)6-3;/h2H,(H2,5,6,7,8);. The number of aromatic nitrogens is 2. The maximum absolute atomic E-state index is 10.6. The Balaban J connectivity index is 3.52. The van der Waals surface area contributed by atoms with E-state index in [1.807, 2.05) is 0 Å². The monoisotopic (exact) mass is 118 g/mol. The van der Waals surface area contributed by atoms with Gasteiger partial charge in [-0.25, -0.2) is 0 Å². The summed E-state index contributed by atoms with van der Waals surface area (Å²) in [6.07, 6.45) is 1.38. The molecule has 0 atom stereocenters. The summed E-state index contributed by atoms with van der Waals surface area (Å²) in [6, 6.07) is 0. The minimum atomic E-state index is -0.467. The molecule has 0 unspecified atom stereocenters. The van der Waals surface area contributed by atoms with E-state index in [-0.39, 0.29) is 5.56 Å². The van der Waals surface area contributed by atoms with Crippen molar-refractivity contribution in [1.29, 1.82) is 0 Å². The third-order valence-electron chi connectivity index (χ3n) is 1.00. The fourth-order valence-electron chi connectivity index (χ4n) is 0.477. The summed E-state index contributed by atoms with van der Waals surface area (Å²) in [5.74, 6) is 0. The summed E-state index contributed by atoms with van der Waals surface area (Å²) in [5.41, 5.74) is -0.802. The van der Waals surface area contributed by atoms with Crippen LogP contribution in [0.5, 0.6) is 0 Å². The van der Waals surface area contributed by atoms with Crippen molar-refractivity contribution in [2.75, 3.05) is 0 Å². The average molecular weight is 118 g/mol. The molecule has 0 amide bonds. The first-order chi connectivity index (χ1) is 4.20. The molecule has 9 heavy (non-hydrogen) atoms. The molecular weight excluding hydrogens is 115 g/mol. The summed E-state index contributed by atoms with van der Waals surface area (Å²) in [5, 5.41) is 0. The van der Waals surface area contributed by atoms with Gasteiger partial charge in [-0.3, -0.25) is 0 Å². The van der Waals surface area contributed by atoms with E-state index in [9.17, 15) is 9.59 Å². The van der Waals surface area contributed by atoms with E-state index < -0.39 is 5.69 Å². The molecule has 0 aliphatic rings. The van der Waals surface area contributed by atoms with Crippen molar-refractivity contribution < 1.29 is 0 Å². The second-order valence-electron chi connectivity index (χ2n) is 1.75. The van der Waals surface area contributed by atoms with Gasteiger partial charge in [-0.2, -0.15) is 0 Å². The van der Waals surface area contributed by atoms with Crippen molar-refractivity contribution in [2.45, 2.75) is 0 Å². The van der Waals surface area contributed by atoms with E-state index >= 15 is 0 Å². The number of H-pyrrole nitrogens is 2. The zero-order chi connectivity index (χ0) is 6.85. The molecule has 1 aromatic heterocycles. The van der Waals surface area contributed by atoms with E-state index in [0.717, 1.165) is 0 Å². The first kappa shape index (κ1) is 6.40. The number of hydrogen-bond acceptors (Lipinski definition) is 2. The van der Waals surface area contributed by atoms with Crippen LogP contribution < -0.4 is 15.5 Å². The Morgan fingerprint density at radius 2 is 2.11 bits per heavy atom. The molecular formula is C4H3LiN2O2. The Morgan fingerprint density at radius 3 is 2.56 bits per heavy atom. The summed E-state index contributed by atoms with van der Waals surface area (Å²) in [6.45, 7) is 0. The van der Waals surface area contributed by atoms with E-state index in [4.69, 9.17) is 0 Å². The van der Waals surface area contributed by atoms with Crippen molar-refractivity contribution in [2.24, 2.45) is 0 Å². The Morgan fingerprint density at radius 1 is 1.44 bits per heavy atom. The molecule has 0 aromatic carbocycles. The summed E-state index contributed by atoms with van der Waals surface area (Å²) >= 11 is 1.62. The molecule has 0 saturated carbocycles. The van der Waals surface area contributed by atoms with Gasteiger partial charge in [0, 0.05) is 0 Å². The minimum absolute atomic E-state index is 0.334. The van der Waals surface area contributed by atoms with Crippen LogP contribution in [-0.2, 0) is 0 Å². The fraction of sp³-hybridized carbons (Fsp3) is 0. The third kappa shape index (κ3) is 1.34. The molecule has 1 rings (SSSR count). The Kier molecular flexibility index (Phi) is 1.60. The van der Waals surface area contributed by atoms with Gasteiger partial charge in [0.05, 0.1) is 0 Å². The van der Waals surface area contributed by atoms with Crippen molar-refractivity contribution in [3.8, 4) is 0 Å². The van der Waals surface area contributed by atoms with Crippen LogP contribution in [0.4, 0.5) is 0 Å². The van der Waals surface area contributed by atoms with Gasteiger partial charge in [-0.1, -0.05) is 0 Å². The van der Waals surface area contributed by atoms with E-state index in [0.29, 0.717) is 4.24 Å². The summed E-state index contributed by atoms with van der Waals surface area (Å²) in [4.78, 5) is 25.3. The van der Waals surface area contributed by atoms with Gasteiger partial charge in [0.1, 0.15) is 0 Å². The molecule has 0 radical (unpaired) electrons. The van der Waals surface area contributed by atoms with E-state index in [1.54, 1.807) is 17.7 Å². The van der Waals surface area contributed by atoms with Crippen LogP contribution in [0.15, 0.2) is 15.8 Å².